The van der Waals surface area contributed by atoms with Gasteiger partial charge < -0.3 is 15.2 Å². The SMILES string of the molecule is COc1cc(N)ccc1COc1ccc(Cl)c(Cl)c1. The molecule has 0 aliphatic heterocycles. The maximum atomic E-state index is 5.92. The fraction of sp³-hybridized carbons (Fsp3) is 0.143. The summed E-state index contributed by atoms with van der Waals surface area (Å²) in [6.45, 7) is 0.363. The van der Waals surface area contributed by atoms with Crippen molar-refractivity contribution in [3.63, 3.8) is 0 Å². The number of halogens is 2. The summed E-state index contributed by atoms with van der Waals surface area (Å²) in [4.78, 5) is 0. The average molecular weight is 298 g/mol. The van der Waals surface area contributed by atoms with Gasteiger partial charge in [-0.25, -0.2) is 0 Å². The van der Waals surface area contributed by atoms with Crippen LogP contribution in [0.2, 0.25) is 10.0 Å². The first-order valence-corrected chi connectivity index (χ1v) is 6.36. The summed E-state index contributed by atoms with van der Waals surface area (Å²) in [7, 11) is 1.59. The second-order valence-electron chi connectivity index (χ2n) is 3.94. The lowest BCUT2D eigenvalue weighted by Gasteiger charge is -2.11. The van der Waals surface area contributed by atoms with Crippen LogP contribution in [-0.4, -0.2) is 7.11 Å². The predicted molar refractivity (Wildman–Crippen MR) is 78.2 cm³/mol. The van der Waals surface area contributed by atoms with Crippen LogP contribution in [-0.2, 0) is 6.61 Å². The summed E-state index contributed by atoms with van der Waals surface area (Å²) in [5.74, 6) is 1.34. The maximum absolute atomic E-state index is 5.92. The number of nitrogen functional groups attached to an aromatic ring is 1. The van der Waals surface area contributed by atoms with Crippen LogP contribution >= 0.6 is 23.2 Å². The number of nitrogens with two attached hydrogens (primary N) is 1. The van der Waals surface area contributed by atoms with Crippen LogP contribution in [0.3, 0.4) is 0 Å². The molecule has 0 atom stereocenters. The van der Waals surface area contributed by atoms with Crippen molar-refractivity contribution in [2.24, 2.45) is 0 Å². The molecule has 0 aliphatic carbocycles. The number of ether oxygens (including phenoxy) is 2. The smallest absolute Gasteiger partial charge is 0.127 e. The van der Waals surface area contributed by atoms with Gasteiger partial charge in [0, 0.05) is 23.4 Å². The molecule has 2 rings (SSSR count). The Labute approximate surface area is 121 Å². The molecule has 2 aromatic carbocycles. The highest BCUT2D eigenvalue weighted by atomic mass is 35.5. The second-order valence-corrected chi connectivity index (χ2v) is 4.75. The molecule has 19 heavy (non-hydrogen) atoms. The van der Waals surface area contributed by atoms with Gasteiger partial charge in [-0.1, -0.05) is 23.2 Å². The van der Waals surface area contributed by atoms with E-state index in [-0.39, 0.29) is 0 Å². The van der Waals surface area contributed by atoms with E-state index in [2.05, 4.69) is 0 Å². The van der Waals surface area contributed by atoms with Gasteiger partial charge >= 0.3 is 0 Å². The molecule has 0 amide bonds. The first-order chi connectivity index (χ1) is 9.10. The van der Waals surface area contributed by atoms with Gasteiger partial charge in [0.05, 0.1) is 17.2 Å². The average Bonchev–Trinajstić information content (AvgIpc) is 2.41. The van der Waals surface area contributed by atoms with Gasteiger partial charge in [0.1, 0.15) is 18.1 Å². The minimum atomic E-state index is 0.363. The van der Waals surface area contributed by atoms with E-state index in [0.29, 0.717) is 33.8 Å². The zero-order valence-corrected chi connectivity index (χ0v) is 11.8. The Morgan fingerprint density at radius 3 is 2.53 bits per heavy atom. The fourth-order valence-corrected chi connectivity index (χ4v) is 1.90. The topological polar surface area (TPSA) is 44.5 Å². The molecule has 2 aromatic rings. The van der Waals surface area contributed by atoms with Crippen molar-refractivity contribution in [3.8, 4) is 11.5 Å². The number of anilines is 1. The lowest BCUT2D eigenvalue weighted by Crippen LogP contribution is -1.99. The molecule has 0 radical (unpaired) electrons. The fourth-order valence-electron chi connectivity index (χ4n) is 1.61. The third kappa shape index (κ3) is 3.46. The van der Waals surface area contributed by atoms with E-state index in [4.69, 9.17) is 38.4 Å². The molecule has 0 spiro atoms. The zero-order chi connectivity index (χ0) is 13.8. The summed E-state index contributed by atoms with van der Waals surface area (Å²) >= 11 is 11.8. The first kappa shape index (κ1) is 13.8. The molecule has 3 nitrogen and oxygen atoms in total. The monoisotopic (exact) mass is 297 g/mol. The molecule has 0 unspecified atom stereocenters. The summed E-state index contributed by atoms with van der Waals surface area (Å²) < 4.78 is 10.9. The van der Waals surface area contributed by atoms with E-state index in [1.807, 2.05) is 6.07 Å². The Balaban J connectivity index is 2.12. The van der Waals surface area contributed by atoms with Gasteiger partial charge in [-0.05, 0) is 24.3 Å². The van der Waals surface area contributed by atoms with Crippen molar-refractivity contribution < 1.29 is 9.47 Å². The normalized spacial score (nSPS) is 10.3. The molecule has 5 heteroatoms. The van der Waals surface area contributed by atoms with Gasteiger partial charge in [-0.2, -0.15) is 0 Å². The van der Waals surface area contributed by atoms with E-state index in [1.54, 1.807) is 37.4 Å². The Bertz CT molecular complexity index is 588. The predicted octanol–water partition coefficient (Wildman–Crippen LogP) is 4.16. The standard InChI is InChI=1S/C14H13Cl2NO2/c1-18-14-6-10(17)3-2-9(14)8-19-11-4-5-12(15)13(16)7-11/h2-7H,8,17H2,1H3. The van der Waals surface area contributed by atoms with E-state index < -0.39 is 0 Å². The van der Waals surface area contributed by atoms with E-state index >= 15 is 0 Å². The van der Waals surface area contributed by atoms with Crippen LogP contribution in [0.5, 0.6) is 11.5 Å². The molecule has 0 bridgehead atoms. The molecular weight excluding hydrogens is 285 g/mol. The van der Waals surface area contributed by atoms with Crippen molar-refractivity contribution in [1.29, 1.82) is 0 Å². The molecule has 100 valence electrons. The van der Waals surface area contributed by atoms with Crippen molar-refractivity contribution in [2.75, 3.05) is 12.8 Å². The van der Waals surface area contributed by atoms with Gasteiger partial charge in [0.15, 0.2) is 0 Å². The largest absolute Gasteiger partial charge is 0.496 e. The Morgan fingerprint density at radius 2 is 1.84 bits per heavy atom. The molecular formula is C14H13Cl2NO2. The lowest BCUT2D eigenvalue weighted by molar-refractivity contribution is 0.297. The van der Waals surface area contributed by atoms with E-state index in [0.717, 1.165) is 5.56 Å². The van der Waals surface area contributed by atoms with Crippen LogP contribution in [0.1, 0.15) is 5.56 Å². The summed E-state index contributed by atoms with van der Waals surface area (Å²) in [5, 5.41) is 0.961. The minimum Gasteiger partial charge on any atom is -0.496 e. The number of hydrogen-bond acceptors (Lipinski definition) is 3. The van der Waals surface area contributed by atoms with Crippen molar-refractivity contribution in [1.82, 2.24) is 0 Å². The van der Waals surface area contributed by atoms with Gasteiger partial charge in [-0.3, -0.25) is 0 Å². The van der Waals surface area contributed by atoms with Gasteiger partial charge in [-0.15, -0.1) is 0 Å². The highest BCUT2D eigenvalue weighted by molar-refractivity contribution is 6.42. The molecule has 0 aromatic heterocycles. The molecule has 0 saturated carbocycles. The Kier molecular flexibility index (Phi) is 4.40. The summed E-state index contributed by atoms with van der Waals surface area (Å²) in [6, 6.07) is 10.6. The number of hydrogen-bond donors (Lipinski definition) is 1. The highest BCUT2D eigenvalue weighted by Gasteiger charge is 2.05. The summed E-state index contributed by atoms with van der Waals surface area (Å²) in [6.07, 6.45) is 0. The molecule has 2 N–H and O–H groups in total. The third-order valence-electron chi connectivity index (χ3n) is 2.60. The highest BCUT2D eigenvalue weighted by Crippen LogP contribution is 2.28. The Hall–Kier alpha value is -1.58. The minimum absolute atomic E-state index is 0.363. The van der Waals surface area contributed by atoms with Gasteiger partial charge in [0.2, 0.25) is 0 Å². The van der Waals surface area contributed by atoms with Crippen molar-refractivity contribution >= 4 is 28.9 Å². The number of benzene rings is 2. The molecule has 0 fully saturated rings. The van der Waals surface area contributed by atoms with Crippen LogP contribution in [0.25, 0.3) is 0 Å². The third-order valence-corrected chi connectivity index (χ3v) is 3.34. The first-order valence-electron chi connectivity index (χ1n) is 5.60. The van der Waals surface area contributed by atoms with E-state index in [9.17, 15) is 0 Å². The Morgan fingerprint density at radius 1 is 1.05 bits per heavy atom. The van der Waals surface area contributed by atoms with Crippen LogP contribution in [0.15, 0.2) is 36.4 Å². The maximum Gasteiger partial charge on any atom is 0.127 e. The van der Waals surface area contributed by atoms with E-state index in [1.165, 1.54) is 0 Å². The van der Waals surface area contributed by atoms with Crippen LogP contribution in [0.4, 0.5) is 5.69 Å². The van der Waals surface area contributed by atoms with Gasteiger partial charge in [0.25, 0.3) is 0 Å². The zero-order valence-electron chi connectivity index (χ0n) is 10.3. The van der Waals surface area contributed by atoms with Crippen LogP contribution < -0.4 is 15.2 Å². The number of rotatable bonds is 4. The molecule has 0 aliphatic rings. The second kappa shape index (κ2) is 6.04. The van der Waals surface area contributed by atoms with Crippen LogP contribution in [0, 0.1) is 0 Å². The van der Waals surface area contributed by atoms with Crippen molar-refractivity contribution in [2.45, 2.75) is 6.61 Å². The quantitative estimate of drug-likeness (QED) is 0.862. The number of methoxy groups -OCH3 is 1. The molecule has 0 saturated heterocycles. The molecule has 0 heterocycles. The summed E-state index contributed by atoms with van der Waals surface area (Å²) in [5.41, 5.74) is 7.25. The van der Waals surface area contributed by atoms with Crippen molar-refractivity contribution in [3.05, 3.63) is 52.0 Å². The lowest BCUT2D eigenvalue weighted by atomic mass is 10.2.